The topological polar surface area (TPSA) is 73.7 Å². The smallest absolute Gasteiger partial charge is 0.144 e. The molecule has 0 aliphatic carbocycles. The molecule has 3 rings (SSSR count). The van der Waals surface area contributed by atoms with Gasteiger partial charge in [-0.3, -0.25) is 0 Å². The fraction of sp³-hybridized carbons (Fsp3) is 0.429. The first-order chi connectivity index (χ1) is 12.7. The number of nitrogens with zero attached hydrogens (tertiary/aromatic N) is 1. The molecule has 0 radical (unpaired) electrons. The number of anilines is 2. The number of ether oxygens (including phenoxy) is 2. The fourth-order valence-electron chi connectivity index (χ4n) is 3.26. The lowest BCUT2D eigenvalue weighted by Gasteiger charge is -2.31. The van der Waals surface area contributed by atoms with E-state index in [1.807, 2.05) is 42.5 Å². The van der Waals surface area contributed by atoms with Gasteiger partial charge in [-0.2, -0.15) is 0 Å². The van der Waals surface area contributed by atoms with Gasteiger partial charge in [0, 0.05) is 6.54 Å². The number of halogens is 3. The molecule has 0 bridgehead atoms. The van der Waals surface area contributed by atoms with Crippen molar-refractivity contribution in [2.45, 2.75) is 19.3 Å². The number of likely N-dealkylation sites (tertiary alicyclic amines) is 1. The van der Waals surface area contributed by atoms with Crippen LogP contribution in [0.3, 0.4) is 0 Å². The summed E-state index contributed by atoms with van der Waals surface area (Å²) >= 11 is 0. The minimum Gasteiger partial charge on any atom is -0.493 e. The van der Waals surface area contributed by atoms with Crippen LogP contribution < -0.4 is 20.9 Å². The highest BCUT2D eigenvalue weighted by atomic mass is 35.5. The van der Waals surface area contributed by atoms with Crippen LogP contribution in [0.25, 0.3) is 0 Å². The Balaban J connectivity index is 0.00000261. The first-order valence-electron chi connectivity index (χ1n) is 9.39. The lowest BCUT2D eigenvalue weighted by molar-refractivity contribution is 0.135. The molecule has 1 saturated heterocycles. The number of para-hydroxylation sites is 2. The number of nitrogen functional groups attached to an aromatic ring is 2. The summed E-state index contributed by atoms with van der Waals surface area (Å²) in [5, 5.41) is 0. The molecule has 4 N–H and O–H groups in total. The summed E-state index contributed by atoms with van der Waals surface area (Å²) in [7, 11) is 0. The average Bonchev–Trinajstić information content (AvgIpc) is 2.68. The molecule has 5 nitrogen and oxygen atoms in total. The highest BCUT2D eigenvalue weighted by molar-refractivity contribution is 5.86. The summed E-state index contributed by atoms with van der Waals surface area (Å²) in [5.41, 5.74) is 12.8. The van der Waals surface area contributed by atoms with Crippen LogP contribution in [0.4, 0.5) is 11.4 Å². The van der Waals surface area contributed by atoms with Crippen molar-refractivity contribution in [3.8, 4) is 11.5 Å². The van der Waals surface area contributed by atoms with E-state index >= 15 is 0 Å². The molecule has 0 aromatic heterocycles. The summed E-state index contributed by atoms with van der Waals surface area (Å²) in [6.07, 6.45) is 3.37. The number of benzene rings is 2. The van der Waals surface area contributed by atoms with E-state index in [2.05, 4.69) is 4.90 Å². The molecule has 1 aliphatic rings. The quantitative estimate of drug-likeness (QED) is 0.438. The number of piperidine rings is 1. The molecule has 2 aromatic rings. The maximum absolute atomic E-state index is 5.92. The Labute approximate surface area is 192 Å². The normalized spacial score (nSPS) is 14.1. The number of hydrogen-bond acceptors (Lipinski definition) is 5. The average molecular weight is 465 g/mol. The van der Waals surface area contributed by atoms with Gasteiger partial charge >= 0.3 is 0 Å². The molecule has 0 spiro atoms. The van der Waals surface area contributed by atoms with Crippen molar-refractivity contribution in [3.63, 3.8) is 0 Å². The Kier molecular flexibility index (Phi) is 13.7. The first-order valence-corrected chi connectivity index (χ1v) is 9.39. The Morgan fingerprint density at radius 1 is 0.862 bits per heavy atom. The van der Waals surface area contributed by atoms with E-state index < -0.39 is 0 Å². The summed E-state index contributed by atoms with van der Waals surface area (Å²) in [4.78, 5) is 2.51. The van der Waals surface area contributed by atoms with Crippen molar-refractivity contribution in [2.75, 3.05) is 44.3 Å². The van der Waals surface area contributed by atoms with Crippen LogP contribution in [-0.2, 0) is 0 Å². The van der Waals surface area contributed by atoms with Gasteiger partial charge in [0.25, 0.3) is 0 Å². The molecule has 0 atom stereocenters. The van der Waals surface area contributed by atoms with Crippen molar-refractivity contribution < 1.29 is 9.47 Å². The van der Waals surface area contributed by atoms with Gasteiger partial charge < -0.3 is 25.8 Å². The van der Waals surface area contributed by atoms with Crippen LogP contribution in [0, 0.1) is 5.92 Å². The third-order valence-electron chi connectivity index (χ3n) is 4.91. The lowest BCUT2D eigenvalue weighted by atomic mass is 9.98. The van der Waals surface area contributed by atoms with Crippen molar-refractivity contribution in [3.05, 3.63) is 48.5 Å². The molecule has 1 fully saturated rings. The molecule has 0 saturated carbocycles. The van der Waals surface area contributed by atoms with E-state index in [1.54, 1.807) is 6.07 Å². The lowest BCUT2D eigenvalue weighted by Crippen LogP contribution is -2.36. The molecular weight excluding hydrogens is 433 g/mol. The summed E-state index contributed by atoms with van der Waals surface area (Å²) in [5.74, 6) is 2.30. The monoisotopic (exact) mass is 463 g/mol. The predicted molar refractivity (Wildman–Crippen MR) is 128 cm³/mol. The van der Waals surface area contributed by atoms with Gasteiger partial charge in [0.05, 0.1) is 24.6 Å². The van der Waals surface area contributed by atoms with Crippen LogP contribution in [0.15, 0.2) is 48.5 Å². The summed E-state index contributed by atoms with van der Waals surface area (Å²) in [6.45, 7) is 4.78. The van der Waals surface area contributed by atoms with E-state index in [0.29, 0.717) is 29.6 Å². The van der Waals surface area contributed by atoms with E-state index in [1.165, 1.54) is 12.8 Å². The zero-order chi connectivity index (χ0) is 18.2. The highest BCUT2D eigenvalue weighted by Crippen LogP contribution is 2.27. The second-order valence-electron chi connectivity index (χ2n) is 6.87. The molecule has 0 amide bonds. The van der Waals surface area contributed by atoms with E-state index in [-0.39, 0.29) is 37.2 Å². The van der Waals surface area contributed by atoms with E-state index in [9.17, 15) is 0 Å². The Hall–Kier alpha value is -1.53. The molecule has 1 aliphatic heterocycles. The Morgan fingerprint density at radius 2 is 1.55 bits per heavy atom. The zero-order valence-electron chi connectivity index (χ0n) is 16.5. The summed E-state index contributed by atoms with van der Waals surface area (Å²) < 4.78 is 11.7. The van der Waals surface area contributed by atoms with Gasteiger partial charge in [-0.25, -0.2) is 0 Å². The van der Waals surface area contributed by atoms with Crippen molar-refractivity contribution in [1.29, 1.82) is 0 Å². The number of nitrogens with two attached hydrogens (primary N) is 2. The summed E-state index contributed by atoms with van der Waals surface area (Å²) in [6, 6.07) is 15.6. The zero-order valence-corrected chi connectivity index (χ0v) is 18.9. The van der Waals surface area contributed by atoms with Crippen molar-refractivity contribution >= 4 is 48.6 Å². The fourth-order valence-corrected chi connectivity index (χ4v) is 3.26. The molecule has 8 heteroatoms. The largest absolute Gasteiger partial charge is 0.493 e. The second-order valence-corrected chi connectivity index (χ2v) is 6.87. The minimum atomic E-state index is 0. The molecule has 0 unspecified atom stereocenters. The third kappa shape index (κ3) is 8.79. The predicted octanol–water partition coefficient (Wildman–Crippen LogP) is 4.68. The van der Waals surface area contributed by atoms with Gasteiger partial charge in [0.15, 0.2) is 0 Å². The van der Waals surface area contributed by atoms with Crippen LogP contribution in [-0.4, -0.2) is 37.7 Å². The number of rotatable bonds is 8. The maximum atomic E-state index is 5.92. The van der Waals surface area contributed by atoms with E-state index in [4.69, 9.17) is 20.9 Å². The third-order valence-corrected chi connectivity index (χ3v) is 4.91. The first kappa shape index (κ1) is 27.5. The highest BCUT2D eigenvalue weighted by Gasteiger charge is 2.19. The van der Waals surface area contributed by atoms with Crippen LogP contribution in [0.1, 0.15) is 19.3 Å². The van der Waals surface area contributed by atoms with Crippen molar-refractivity contribution in [1.82, 2.24) is 4.90 Å². The van der Waals surface area contributed by atoms with Crippen LogP contribution >= 0.6 is 37.2 Å². The Bertz CT molecular complexity index is 684. The molecule has 2 aromatic carbocycles. The molecule has 29 heavy (non-hydrogen) atoms. The molecular formula is C21H32Cl3N3O2. The van der Waals surface area contributed by atoms with Gasteiger partial charge in [0.1, 0.15) is 11.5 Å². The SMILES string of the molecule is Cl.Cl.Cl.Nc1cccc(OCCCN2CCC(COc3ccccc3)CC2)c1N. The van der Waals surface area contributed by atoms with Crippen molar-refractivity contribution in [2.24, 2.45) is 5.92 Å². The van der Waals surface area contributed by atoms with Gasteiger partial charge in [-0.1, -0.05) is 24.3 Å². The second kappa shape index (κ2) is 14.5. The van der Waals surface area contributed by atoms with Gasteiger partial charge in [-0.15, -0.1) is 37.2 Å². The van der Waals surface area contributed by atoms with Gasteiger partial charge in [-0.05, 0) is 62.5 Å². The van der Waals surface area contributed by atoms with Crippen LogP contribution in [0.2, 0.25) is 0 Å². The van der Waals surface area contributed by atoms with E-state index in [0.717, 1.165) is 38.4 Å². The standard InChI is InChI=1S/C21H29N3O2.3ClH/c22-19-8-4-9-20(21(19)23)25-15-5-12-24-13-10-17(11-14-24)16-26-18-6-2-1-3-7-18;;;/h1-4,6-9,17H,5,10-16,22-23H2;3*1H. The maximum Gasteiger partial charge on any atom is 0.144 e. The number of hydrogen-bond donors (Lipinski definition) is 2. The molecule has 164 valence electrons. The minimum absolute atomic E-state index is 0. The Morgan fingerprint density at radius 3 is 2.24 bits per heavy atom. The van der Waals surface area contributed by atoms with Gasteiger partial charge in [0.2, 0.25) is 0 Å². The van der Waals surface area contributed by atoms with Crippen LogP contribution in [0.5, 0.6) is 11.5 Å². The molecule has 1 heterocycles.